The summed E-state index contributed by atoms with van der Waals surface area (Å²) in [7, 11) is 0. The molecule has 2 aliphatic heterocycles. The van der Waals surface area contributed by atoms with Crippen LogP contribution in [-0.2, 0) is 10.3 Å². The molecule has 1 spiro atoms. The summed E-state index contributed by atoms with van der Waals surface area (Å²) < 4.78 is 20.6. The molecular formula is C24H26ClFN4O2S. The zero-order valence-corrected chi connectivity index (χ0v) is 20.0. The third-order valence-corrected chi connectivity index (χ3v) is 7.97. The molecule has 1 aliphatic carbocycles. The quantitative estimate of drug-likeness (QED) is 0.666. The van der Waals surface area contributed by atoms with Gasteiger partial charge in [0.05, 0.1) is 5.02 Å². The predicted molar refractivity (Wildman–Crippen MR) is 129 cm³/mol. The number of thioether (sulfide) groups is 1. The summed E-state index contributed by atoms with van der Waals surface area (Å²) in [6, 6.07) is 7.82. The molecule has 5 rings (SSSR count). The van der Waals surface area contributed by atoms with E-state index in [-0.39, 0.29) is 18.1 Å². The molecule has 1 saturated carbocycles. The highest BCUT2D eigenvalue weighted by atomic mass is 35.5. The molecule has 1 amide bonds. The molecule has 2 aromatic rings. The molecule has 6 nitrogen and oxygen atoms in total. The van der Waals surface area contributed by atoms with E-state index in [9.17, 15) is 9.18 Å². The second-order valence-electron chi connectivity index (χ2n) is 9.48. The van der Waals surface area contributed by atoms with Crippen LogP contribution in [0.3, 0.4) is 0 Å². The molecule has 3 aliphatic rings. The highest BCUT2D eigenvalue weighted by molar-refractivity contribution is 8.14. The van der Waals surface area contributed by atoms with Crippen LogP contribution in [-0.4, -0.2) is 39.6 Å². The number of fused-ring (bicyclic) bond motifs is 4. The number of ether oxygens (including phenoxy) is 1. The monoisotopic (exact) mass is 488 g/mol. The number of carbonyl (C=O) groups excluding carboxylic acids is 1. The molecule has 1 aromatic heterocycles. The third kappa shape index (κ3) is 4.08. The van der Waals surface area contributed by atoms with Gasteiger partial charge in [-0.2, -0.15) is 0 Å². The average molecular weight is 489 g/mol. The van der Waals surface area contributed by atoms with Gasteiger partial charge >= 0.3 is 0 Å². The van der Waals surface area contributed by atoms with Crippen molar-refractivity contribution in [3.05, 3.63) is 47.2 Å². The van der Waals surface area contributed by atoms with Crippen molar-refractivity contribution in [2.75, 3.05) is 5.75 Å². The number of nitrogens with zero attached hydrogens (tertiary/aromatic N) is 2. The average Bonchev–Trinajstić information content (AvgIpc) is 3.16. The number of amidine groups is 1. The number of hydrogen-bond acceptors (Lipinski definition) is 6. The summed E-state index contributed by atoms with van der Waals surface area (Å²) in [5, 5.41) is 4.01. The lowest BCUT2D eigenvalue weighted by Crippen LogP contribution is -2.55. The van der Waals surface area contributed by atoms with Crippen LogP contribution in [0, 0.1) is 5.92 Å². The van der Waals surface area contributed by atoms with Crippen LogP contribution in [0.1, 0.15) is 38.7 Å². The Hall–Kier alpha value is -2.32. The van der Waals surface area contributed by atoms with E-state index in [0.29, 0.717) is 22.4 Å². The molecule has 3 N–H and O–H groups in total. The highest BCUT2D eigenvalue weighted by Gasteiger charge is 2.55. The SMILES string of the molecule is CC(C)(F)C(=O)N[C@H]1CC[C@@H]2Oc3ccc(-c4cncc(Cl)c4)cc3C3(CSC(N)=N3)C2C1. The number of rotatable bonds is 3. The minimum absolute atomic E-state index is 0.00746. The van der Waals surface area contributed by atoms with E-state index in [0.717, 1.165) is 35.3 Å². The van der Waals surface area contributed by atoms with E-state index < -0.39 is 17.1 Å². The van der Waals surface area contributed by atoms with E-state index in [4.69, 9.17) is 27.1 Å². The first-order valence-corrected chi connectivity index (χ1v) is 12.4. The molecule has 33 heavy (non-hydrogen) atoms. The fourth-order valence-electron chi connectivity index (χ4n) is 5.13. The minimum Gasteiger partial charge on any atom is -0.490 e. The maximum Gasteiger partial charge on any atom is 0.257 e. The van der Waals surface area contributed by atoms with Crippen molar-refractivity contribution >= 4 is 34.4 Å². The number of benzene rings is 1. The van der Waals surface area contributed by atoms with Gasteiger partial charge in [-0.25, -0.2) is 9.38 Å². The van der Waals surface area contributed by atoms with Crippen LogP contribution in [0.5, 0.6) is 5.75 Å². The molecule has 174 valence electrons. The first-order chi connectivity index (χ1) is 15.7. The molecule has 4 atom stereocenters. The fraction of sp³-hybridized carbons (Fsp3) is 0.458. The smallest absolute Gasteiger partial charge is 0.257 e. The summed E-state index contributed by atoms with van der Waals surface area (Å²) in [5.74, 6) is 0.925. The Morgan fingerprint density at radius 1 is 1.30 bits per heavy atom. The number of pyridine rings is 1. The molecule has 2 unspecified atom stereocenters. The van der Waals surface area contributed by atoms with Gasteiger partial charge in [0, 0.05) is 41.2 Å². The Morgan fingerprint density at radius 3 is 2.82 bits per heavy atom. The number of carbonyl (C=O) groups is 1. The standard InChI is InChI=1S/C24H26ClFN4O2S/c1-23(2,26)21(31)29-16-4-6-20-18(9-16)24(12-33-22(27)30-24)17-8-13(3-5-19(17)32-20)14-7-15(25)11-28-10-14/h3,5,7-8,10-11,16,18,20H,4,6,9,12H2,1-2H3,(H2,27,30)(H,29,31)/t16-,18?,20-,24?/m0/s1. The maximum absolute atomic E-state index is 14.2. The minimum atomic E-state index is -1.92. The van der Waals surface area contributed by atoms with Crippen LogP contribution in [0.2, 0.25) is 5.02 Å². The van der Waals surface area contributed by atoms with E-state index in [1.54, 1.807) is 12.4 Å². The zero-order valence-electron chi connectivity index (χ0n) is 18.5. The topological polar surface area (TPSA) is 89.6 Å². The lowest BCUT2D eigenvalue weighted by molar-refractivity contribution is -0.132. The van der Waals surface area contributed by atoms with Gasteiger partial charge in [-0.15, -0.1) is 0 Å². The van der Waals surface area contributed by atoms with Gasteiger partial charge in [0.25, 0.3) is 5.91 Å². The van der Waals surface area contributed by atoms with Crippen LogP contribution in [0.4, 0.5) is 4.39 Å². The summed E-state index contributed by atoms with van der Waals surface area (Å²) in [4.78, 5) is 21.5. The number of hydrogen-bond donors (Lipinski definition) is 2. The lowest BCUT2D eigenvalue weighted by atomic mass is 9.67. The Labute approximate surface area is 201 Å². The number of aliphatic imine (C=N–C) groups is 1. The number of halogens is 2. The van der Waals surface area contributed by atoms with Gasteiger partial charge in [0.1, 0.15) is 17.4 Å². The van der Waals surface area contributed by atoms with Gasteiger partial charge in [0.15, 0.2) is 10.8 Å². The Bertz CT molecular complexity index is 1140. The number of aromatic nitrogens is 1. The van der Waals surface area contributed by atoms with Crippen LogP contribution < -0.4 is 15.8 Å². The number of nitrogens with two attached hydrogens (primary N) is 1. The number of alkyl halides is 1. The summed E-state index contributed by atoms with van der Waals surface area (Å²) in [6.07, 6.45) is 5.46. The zero-order chi connectivity index (χ0) is 23.4. The maximum atomic E-state index is 14.2. The molecule has 0 bridgehead atoms. The lowest BCUT2D eigenvalue weighted by Gasteiger charge is -2.49. The Morgan fingerprint density at radius 2 is 2.12 bits per heavy atom. The van der Waals surface area contributed by atoms with Gasteiger partial charge < -0.3 is 15.8 Å². The van der Waals surface area contributed by atoms with Crippen LogP contribution in [0.25, 0.3) is 11.1 Å². The first-order valence-electron chi connectivity index (χ1n) is 11.1. The van der Waals surface area contributed by atoms with E-state index >= 15 is 0 Å². The van der Waals surface area contributed by atoms with Crippen molar-refractivity contribution < 1.29 is 13.9 Å². The number of nitrogens with one attached hydrogen (secondary N) is 1. The van der Waals surface area contributed by atoms with Gasteiger partial charge in [0.2, 0.25) is 0 Å². The van der Waals surface area contributed by atoms with Crippen molar-refractivity contribution in [1.29, 1.82) is 0 Å². The van der Waals surface area contributed by atoms with Crippen molar-refractivity contribution in [2.24, 2.45) is 16.6 Å². The molecule has 1 fully saturated rings. The van der Waals surface area contributed by atoms with E-state index in [2.05, 4.69) is 16.4 Å². The molecule has 1 aromatic carbocycles. The van der Waals surface area contributed by atoms with Crippen molar-refractivity contribution in [2.45, 2.75) is 56.5 Å². The molecule has 0 saturated heterocycles. The number of amides is 1. The van der Waals surface area contributed by atoms with Crippen LogP contribution >= 0.6 is 23.4 Å². The first kappa shape index (κ1) is 22.5. The normalized spacial score (nSPS) is 28.5. The molecular weight excluding hydrogens is 463 g/mol. The van der Waals surface area contributed by atoms with Crippen molar-refractivity contribution in [3.8, 4) is 16.9 Å². The molecule has 0 radical (unpaired) electrons. The predicted octanol–water partition coefficient (Wildman–Crippen LogP) is 4.45. The van der Waals surface area contributed by atoms with Crippen molar-refractivity contribution in [1.82, 2.24) is 10.3 Å². The molecule has 3 heterocycles. The van der Waals surface area contributed by atoms with E-state index in [1.165, 1.54) is 25.6 Å². The highest BCUT2D eigenvalue weighted by Crippen LogP contribution is 2.54. The third-order valence-electron chi connectivity index (χ3n) is 6.79. The van der Waals surface area contributed by atoms with Gasteiger partial charge in [-0.05, 0) is 56.9 Å². The Balaban J connectivity index is 1.53. The Kier molecular flexibility index (Phi) is 5.56. The largest absolute Gasteiger partial charge is 0.490 e. The van der Waals surface area contributed by atoms with Gasteiger partial charge in [-0.3, -0.25) is 9.78 Å². The summed E-state index contributed by atoms with van der Waals surface area (Å²) in [5.41, 5.74) is 6.55. The second kappa shape index (κ2) is 8.17. The summed E-state index contributed by atoms with van der Waals surface area (Å²) >= 11 is 7.71. The summed E-state index contributed by atoms with van der Waals surface area (Å²) in [6.45, 7) is 2.56. The van der Waals surface area contributed by atoms with Crippen LogP contribution in [0.15, 0.2) is 41.7 Å². The van der Waals surface area contributed by atoms with E-state index in [1.807, 2.05) is 18.2 Å². The van der Waals surface area contributed by atoms with Crippen molar-refractivity contribution in [3.63, 3.8) is 0 Å². The fourth-order valence-corrected chi connectivity index (χ4v) is 6.33. The molecule has 9 heteroatoms. The second-order valence-corrected chi connectivity index (χ2v) is 10.9. The van der Waals surface area contributed by atoms with Gasteiger partial charge in [-0.1, -0.05) is 29.4 Å².